The number of benzene rings is 2. The molecule has 0 unspecified atom stereocenters. The Kier molecular flexibility index (Phi) is 4.41. The molecule has 2 aromatic carbocycles. The Morgan fingerprint density at radius 2 is 2.11 bits per heavy atom. The molecular weight excluding hydrogens is 374 g/mol. The van der Waals surface area contributed by atoms with Crippen LogP contribution in [0.2, 0.25) is 0 Å². The van der Waals surface area contributed by atoms with Crippen LogP contribution in [0.1, 0.15) is 18.4 Å². The maximum Gasteiger partial charge on any atom is 0.224 e. The molecule has 2 aliphatic rings. The van der Waals surface area contributed by atoms with Crippen molar-refractivity contribution in [2.24, 2.45) is 0 Å². The highest BCUT2D eigenvalue weighted by Crippen LogP contribution is 2.32. The Bertz CT molecular complexity index is 1000. The predicted molar refractivity (Wildman–Crippen MR) is 110 cm³/mol. The van der Waals surface area contributed by atoms with Gasteiger partial charge in [-0.1, -0.05) is 23.5 Å². The minimum absolute atomic E-state index is 0.0545. The number of piperidine rings is 1. The molecule has 1 aromatic heterocycles. The summed E-state index contributed by atoms with van der Waals surface area (Å²) in [5, 5.41) is 14.5. The lowest BCUT2D eigenvalue weighted by Gasteiger charge is -2.35. The van der Waals surface area contributed by atoms with E-state index in [4.69, 9.17) is 9.72 Å². The number of aliphatic hydroxyl groups excluding tert-OH is 1. The SMILES string of the molecule is O=C1CCc2cc(O[C@@H]3CCN(c4nc5ccccc5s4)C[C@H]3O)ccc2N1. The van der Waals surface area contributed by atoms with Crippen LogP contribution in [0.3, 0.4) is 0 Å². The molecule has 0 spiro atoms. The van der Waals surface area contributed by atoms with E-state index in [9.17, 15) is 9.90 Å². The molecule has 144 valence electrons. The van der Waals surface area contributed by atoms with Gasteiger partial charge in [-0.2, -0.15) is 0 Å². The number of carbonyl (C=O) groups excluding carboxylic acids is 1. The van der Waals surface area contributed by atoms with Crippen LogP contribution in [0.15, 0.2) is 42.5 Å². The van der Waals surface area contributed by atoms with Crippen molar-refractivity contribution >= 4 is 38.3 Å². The van der Waals surface area contributed by atoms with Crippen molar-refractivity contribution in [3.8, 4) is 5.75 Å². The number of thiazole rings is 1. The van der Waals surface area contributed by atoms with Crippen molar-refractivity contribution in [2.75, 3.05) is 23.3 Å². The van der Waals surface area contributed by atoms with Gasteiger partial charge in [-0.15, -0.1) is 0 Å². The number of aryl methyl sites for hydroxylation is 1. The summed E-state index contributed by atoms with van der Waals surface area (Å²) in [6, 6.07) is 13.8. The largest absolute Gasteiger partial charge is 0.488 e. The van der Waals surface area contributed by atoms with Gasteiger partial charge in [0, 0.05) is 31.6 Å². The first-order chi connectivity index (χ1) is 13.7. The van der Waals surface area contributed by atoms with Gasteiger partial charge in [0.15, 0.2) is 5.13 Å². The number of para-hydroxylation sites is 1. The number of carbonyl (C=O) groups is 1. The molecule has 0 radical (unpaired) electrons. The van der Waals surface area contributed by atoms with Gasteiger partial charge >= 0.3 is 0 Å². The molecule has 1 saturated heterocycles. The smallest absolute Gasteiger partial charge is 0.224 e. The quantitative estimate of drug-likeness (QED) is 0.712. The highest BCUT2D eigenvalue weighted by molar-refractivity contribution is 7.22. The molecule has 5 rings (SSSR count). The summed E-state index contributed by atoms with van der Waals surface area (Å²) in [7, 11) is 0. The number of aliphatic hydroxyl groups is 1. The molecule has 0 aliphatic carbocycles. The second kappa shape index (κ2) is 7.07. The van der Waals surface area contributed by atoms with E-state index in [1.54, 1.807) is 11.3 Å². The molecule has 7 heteroatoms. The summed E-state index contributed by atoms with van der Waals surface area (Å²) in [5.41, 5.74) is 2.94. The van der Waals surface area contributed by atoms with E-state index in [1.165, 1.54) is 0 Å². The van der Waals surface area contributed by atoms with Gasteiger partial charge in [0.1, 0.15) is 18.0 Å². The lowest BCUT2D eigenvalue weighted by atomic mass is 10.0. The lowest BCUT2D eigenvalue weighted by molar-refractivity contribution is -0.116. The Morgan fingerprint density at radius 1 is 1.21 bits per heavy atom. The number of amides is 1. The molecule has 0 bridgehead atoms. The zero-order chi connectivity index (χ0) is 19.1. The summed E-state index contributed by atoms with van der Waals surface area (Å²) in [5.74, 6) is 0.797. The average molecular weight is 395 g/mol. The zero-order valence-corrected chi connectivity index (χ0v) is 16.1. The van der Waals surface area contributed by atoms with Crippen molar-refractivity contribution in [3.63, 3.8) is 0 Å². The van der Waals surface area contributed by atoms with Gasteiger partial charge in [-0.05, 0) is 42.3 Å². The van der Waals surface area contributed by atoms with Gasteiger partial charge in [-0.3, -0.25) is 4.79 Å². The minimum Gasteiger partial charge on any atom is -0.488 e. The van der Waals surface area contributed by atoms with Crippen molar-refractivity contribution in [1.29, 1.82) is 0 Å². The number of rotatable bonds is 3. The van der Waals surface area contributed by atoms with E-state index in [-0.39, 0.29) is 12.0 Å². The van der Waals surface area contributed by atoms with Crippen molar-refractivity contribution in [1.82, 2.24) is 4.98 Å². The van der Waals surface area contributed by atoms with E-state index in [2.05, 4.69) is 16.3 Å². The third-order valence-electron chi connectivity index (χ3n) is 5.33. The summed E-state index contributed by atoms with van der Waals surface area (Å²) >= 11 is 1.66. The first kappa shape index (κ1) is 17.5. The molecule has 3 heterocycles. The van der Waals surface area contributed by atoms with Gasteiger partial charge < -0.3 is 20.1 Å². The molecule has 1 amide bonds. The monoisotopic (exact) mass is 395 g/mol. The lowest BCUT2D eigenvalue weighted by Crippen LogP contribution is -2.49. The Hall–Kier alpha value is -2.64. The minimum atomic E-state index is -0.587. The van der Waals surface area contributed by atoms with Gasteiger partial charge in [0.05, 0.1) is 10.2 Å². The number of nitrogens with one attached hydrogen (secondary N) is 1. The Balaban J connectivity index is 1.27. The van der Waals surface area contributed by atoms with Crippen molar-refractivity contribution < 1.29 is 14.6 Å². The third kappa shape index (κ3) is 3.31. The molecule has 28 heavy (non-hydrogen) atoms. The normalized spacial score (nSPS) is 22.0. The number of β-amino-alcohol motifs (C(OH)–C–C–N with tert-alkyl or cyclic N) is 1. The van der Waals surface area contributed by atoms with E-state index in [1.807, 2.05) is 36.4 Å². The number of hydrogen-bond donors (Lipinski definition) is 2. The zero-order valence-electron chi connectivity index (χ0n) is 15.3. The fourth-order valence-electron chi connectivity index (χ4n) is 3.82. The van der Waals surface area contributed by atoms with Crippen LogP contribution in [-0.2, 0) is 11.2 Å². The molecular formula is C21H21N3O3S. The molecule has 6 nitrogen and oxygen atoms in total. The molecule has 0 saturated carbocycles. The molecule has 2 atom stereocenters. The summed E-state index contributed by atoms with van der Waals surface area (Å²) in [6.07, 6.45) is 1.11. The van der Waals surface area contributed by atoms with E-state index in [0.29, 0.717) is 13.0 Å². The van der Waals surface area contributed by atoms with E-state index < -0.39 is 6.10 Å². The Labute approximate surface area is 166 Å². The van der Waals surface area contributed by atoms with Crippen LogP contribution in [0.5, 0.6) is 5.75 Å². The van der Waals surface area contributed by atoms with Gasteiger partial charge in [-0.25, -0.2) is 4.98 Å². The van der Waals surface area contributed by atoms with Gasteiger partial charge in [0.2, 0.25) is 5.91 Å². The van der Waals surface area contributed by atoms with Crippen molar-refractivity contribution in [2.45, 2.75) is 31.5 Å². The highest BCUT2D eigenvalue weighted by Gasteiger charge is 2.31. The first-order valence-electron chi connectivity index (χ1n) is 9.54. The van der Waals surface area contributed by atoms with Crippen LogP contribution in [0.4, 0.5) is 10.8 Å². The fraction of sp³-hybridized carbons (Fsp3) is 0.333. The molecule has 2 N–H and O–H groups in total. The number of fused-ring (bicyclic) bond motifs is 2. The second-order valence-electron chi connectivity index (χ2n) is 7.29. The summed E-state index contributed by atoms with van der Waals surface area (Å²) in [4.78, 5) is 18.3. The maximum atomic E-state index is 11.5. The predicted octanol–water partition coefficient (Wildman–Crippen LogP) is 3.20. The number of nitrogens with zero attached hydrogens (tertiary/aromatic N) is 2. The van der Waals surface area contributed by atoms with Crippen LogP contribution in [0.25, 0.3) is 10.2 Å². The topological polar surface area (TPSA) is 74.7 Å². The second-order valence-corrected chi connectivity index (χ2v) is 8.30. The molecule has 1 fully saturated rings. The van der Waals surface area contributed by atoms with Crippen molar-refractivity contribution in [3.05, 3.63) is 48.0 Å². The number of aromatic nitrogens is 1. The highest BCUT2D eigenvalue weighted by atomic mass is 32.1. The Morgan fingerprint density at radius 3 is 2.96 bits per heavy atom. The number of anilines is 2. The average Bonchev–Trinajstić information content (AvgIpc) is 3.14. The van der Waals surface area contributed by atoms with Crippen LogP contribution < -0.4 is 15.0 Å². The van der Waals surface area contributed by atoms with E-state index in [0.717, 1.165) is 51.7 Å². The van der Waals surface area contributed by atoms with Gasteiger partial charge in [0.25, 0.3) is 0 Å². The summed E-state index contributed by atoms with van der Waals surface area (Å²) in [6.45, 7) is 1.30. The van der Waals surface area contributed by atoms with Crippen LogP contribution in [0, 0.1) is 0 Å². The number of hydrogen-bond acceptors (Lipinski definition) is 6. The third-order valence-corrected chi connectivity index (χ3v) is 6.43. The maximum absolute atomic E-state index is 11.5. The van der Waals surface area contributed by atoms with Crippen LogP contribution in [-0.4, -0.2) is 41.3 Å². The van der Waals surface area contributed by atoms with Crippen LogP contribution >= 0.6 is 11.3 Å². The molecule has 2 aliphatic heterocycles. The van der Waals surface area contributed by atoms with E-state index >= 15 is 0 Å². The fourth-order valence-corrected chi connectivity index (χ4v) is 4.82. The number of ether oxygens (including phenoxy) is 1. The first-order valence-corrected chi connectivity index (χ1v) is 10.4. The summed E-state index contributed by atoms with van der Waals surface area (Å²) < 4.78 is 7.26. The standard InChI is InChI=1S/C21H21N3O3S/c25-17-12-24(21-23-16-3-1-2-4-19(16)28-21)10-9-18(17)27-14-6-7-15-13(11-14)5-8-20(26)22-15/h1-4,6-7,11,17-18,25H,5,8-10,12H2,(H,22,26)/t17-,18-/m1/s1. The molecule has 3 aromatic rings.